The fraction of sp³-hybridized carbons (Fsp3) is 0.833. The second-order valence-corrected chi connectivity index (χ2v) is 4.29. The maximum absolute atomic E-state index is 11.1. The molecular formula is C12H22N2O3. The summed E-state index contributed by atoms with van der Waals surface area (Å²) in [6.07, 6.45) is 2.34. The van der Waals surface area contributed by atoms with Crippen LogP contribution in [0.5, 0.6) is 0 Å². The van der Waals surface area contributed by atoms with Crippen LogP contribution < -0.4 is 5.32 Å². The molecule has 0 aromatic heterocycles. The molecule has 0 radical (unpaired) electrons. The Bertz CT molecular complexity index is 260. The first-order valence-corrected chi connectivity index (χ1v) is 6.28. The Morgan fingerprint density at radius 1 is 1.35 bits per heavy atom. The number of amides is 1. The Labute approximate surface area is 102 Å². The molecule has 0 aromatic carbocycles. The number of hydrogen-bond acceptors (Lipinski definition) is 4. The number of carbonyl (C=O) groups is 2. The van der Waals surface area contributed by atoms with Crippen LogP contribution in [0.25, 0.3) is 0 Å². The standard InChI is InChI=1S/C12H22N2O3/c1-3-17-12(16)4-7-13-11-5-8-14(9-6-11)10(2)15/h11,13H,3-9H2,1-2H3. The summed E-state index contributed by atoms with van der Waals surface area (Å²) in [6.45, 7) is 6.13. The van der Waals surface area contributed by atoms with Gasteiger partial charge in [-0.1, -0.05) is 0 Å². The van der Waals surface area contributed by atoms with Crippen molar-refractivity contribution in [2.75, 3.05) is 26.2 Å². The third-order valence-corrected chi connectivity index (χ3v) is 3.01. The van der Waals surface area contributed by atoms with Crippen LogP contribution >= 0.6 is 0 Å². The largest absolute Gasteiger partial charge is 0.466 e. The van der Waals surface area contributed by atoms with Gasteiger partial charge in [-0.3, -0.25) is 9.59 Å². The van der Waals surface area contributed by atoms with Crippen molar-refractivity contribution in [3.63, 3.8) is 0 Å². The van der Waals surface area contributed by atoms with E-state index in [0.717, 1.165) is 25.9 Å². The molecule has 0 aliphatic carbocycles. The summed E-state index contributed by atoms with van der Waals surface area (Å²) in [6, 6.07) is 0.417. The van der Waals surface area contributed by atoms with Crippen LogP contribution in [0.4, 0.5) is 0 Å². The zero-order valence-electron chi connectivity index (χ0n) is 10.7. The van der Waals surface area contributed by atoms with E-state index in [9.17, 15) is 9.59 Å². The predicted octanol–water partition coefficient (Wildman–Crippen LogP) is 0.540. The first kappa shape index (κ1) is 14.0. The number of esters is 1. The highest BCUT2D eigenvalue weighted by Crippen LogP contribution is 2.10. The number of likely N-dealkylation sites (tertiary alicyclic amines) is 1. The molecular weight excluding hydrogens is 220 g/mol. The number of nitrogens with one attached hydrogen (secondary N) is 1. The van der Waals surface area contributed by atoms with E-state index in [1.807, 2.05) is 11.8 Å². The molecule has 1 rings (SSSR count). The van der Waals surface area contributed by atoms with Crippen molar-refractivity contribution in [2.24, 2.45) is 0 Å². The molecule has 1 N–H and O–H groups in total. The van der Waals surface area contributed by atoms with Crippen molar-refractivity contribution in [1.29, 1.82) is 0 Å². The van der Waals surface area contributed by atoms with Crippen molar-refractivity contribution < 1.29 is 14.3 Å². The lowest BCUT2D eigenvalue weighted by Gasteiger charge is -2.31. The van der Waals surface area contributed by atoms with Crippen molar-refractivity contribution in [1.82, 2.24) is 10.2 Å². The molecule has 17 heavy (non-hydrogen) atoms. The first-order valence-electron chi connectivity index (χ1n) is 6.28. The summed E-state index contributed by atoms with van der Waals surface area (Å²) in [4.78, 5) is 24.1. The van der Waals surface area contributed by atoms with Gasteiger partial charge in [0, 0.05) is 32.6 Å². The van der Waals surface area contributed by atoms with Gasteiger partial charge < -0.3 is 15.0 Å². The Morgan fingerprint density at radius 3 is 2.53 bits per heavy atom. The summed E-state index contributed by atoms with van der Waals surface area (Å²) in [5.74, 6) is -0.00357. The molecule has 0 unspecified atom stereocenters. The maximum atomic E-state index is 11.1. The molecule has 5 nitrogen and oxygen atoms in total. The number of ether oxygens (including phenoxy) is 1. The lowest BCUT2D eigenvalue weighted by Crippen LogP contribution is -2.44. The summed E-state index contributed by atoms with van der Waals surface area (Å²) in [5.41, 5.74) is 0. The Morgan fingerprint density at radius 2 is 2.00 bits per heavy atom. The topological polar surface area (TPSA) is 58.6 Å². The predicted molar refractivity (Wildman–Crippen MR) is 64.5 cm³/mol. The lowest BCUT2D eigenvalue weighted by atomic mass is 10.1. The van der Waals surface area contributed by atoms with E-state index in [1.165, 1.54) is 0 Å². The summed E-state index contributed by atoms with van der Waals surface area (Å²) >= 11 is 0. The van der Waals surface area contributed by atoms with Crippen LogP contribution in [0.15, 0.2) is 0 Å². The lowest BCUT2D eigenvalue weighted by molar-refractivity contribution is -0.143. The monoisotopic (exact) mass is 242 g/mol. The number of rotatable bonds is 5. The summed E-state index contributed by atoms with van der Waals surface area (Å²) in [5, 5.41) is 3.33. The molecule has 0 atom stereocenters. The maximum Gasteiger partial charge on any atom is 0.307 e. The van der Waals surface area contributed by atoms with Crippen molar-refractivity contribution in [3.8, 4) is 0 Å². The smallest absolute Gasteiger partial charge is 0.307 e. The van der Waals surface area contributed by atoms with Gasteiger partial charge in [-0.2, -0.15) is 0 Å². The van der Waals surface area contributed by atoms with Gasteiger partial charge in [0.05, 0.1) is 13.0 Å². The van der Waals surface area contributed by atoms with Crippen LogP contribution in [0.3, 0.4) is 0 Å². The molecule has 0 bridgehead atoms. The highest BCUT2D eigenvalue weighted by molar-refractivity contribution is 5.73. The summed E-state index contributed by atoms with van der Waals surface area (Å²) < 4.78 is 4.85. The highest BCUT2D eigenvalue weighted by atomic mass is 16.5. The van der Waals surface area contributed by atoms with Gasteiger partial charge in [-0.15, -0.1) is 0 Å². The molecule has 98 valence electrons. The molecule has 1 aliphatic heterocycles. The van der Waals surface area contributed by atoms with Gasteiger partial charge in [-0.25, -0.2) is 0 Å². The van der Waals surface area contributed by atoms with E-state index >= 15 is 0 Å². The molecule has 0 saturated carbocycles. The third-order valence-electron chi connectivity index (χ3n) is 3.01. The zero-order valence-corrected chi connectivity index (χ0v) is 10.7. The molecule has 1 fully saturated rings. The number of carbonyl (C=O) groups excluding carboxylic acids is 2. The summed E-state index contributed by atoms with van der Waals surface area (Å²) in [7, 11) is 0. The van der Waals surface area contributed by atoms with Crippen LogP contribution in [0.2, 0.25) is 0 Å². The minimum atomic E-state index is -0.152. The Hall–Kier alpha value is -1.10. The van der Waals surface area contributed by atoms with Gasteiger partial charge in [0.15, 0.2) is 0 Å². The molecule has 1 saturated heterocycles. The van der Waals surface area contributed by atoms with Gasteiger partial charge >= 0.3 is 5.97 Å². The van der Waals surface area contributed by atoms with E-state index in [1.54, 1.807) is 6.92 Å². The average Bonchev–Trinajstić information content (AvgIpc) is 2.30. The van der Waals surface area contributed by atoms with E-state index < -0.39 is 0 Å². The quantitative estimate of drug-likeness (QED) is 0.715. The van der Waals surface area contributed by atoms with Gasteiger partial charge in [0.2, 0.25) is 5.91 Å². The minimum absolute atomic E-state index is 0.148. The van der Waals surface area contributed by atoms with Crippen molar-refractivity contribution in [3.05, 3.63) is 0 Å². The fourth-order valence-electron chi connectivity index (χ4n) is 2.01. The van der Waals surface area contributed by atoms with E-state index in [4.69, 9.17) is 4.74 Å². The number of hydrogen-bond donors (Lipinski definition) is 1. The molecule has 5 heteroatoms. The second kappa shape index (κ2) is 7.27. The molecule has 1 heterocycles. The SMILES string of the molecule is CCOC(=O)CCNC1CCN(C(C)=O)CC1. The van der Waals surface area contributed by atoms with Crippen LogP contribution in [0.1, 0.15) is 33.1 Å². The number of nitrogens with zero attached hydrogens (tertiary/aromatic N) is 1. The molecule has 0 spiro atoms. The molecule has 1 amide bonds. The van der Waals surface area contributed by atoms with Gasteiger partial charge in [-0.05, 0) is 19.8 Å². The van der Waals surface area contributed by atoms with Crippen LogP contribution in [-0.2, 0) is 14.3 Å². The normalized spacial score (nSPS) is 16.9. The van der Waals surface area contributed by atoms with E-state index in [0.29, 0.717) is 25.6 Å². The van der Waals surface area contributed by atoms with E-state index in [2.05, 4.69) is 5.32 Å². The Balaban J connectivity index is 2.10. The zero-order chi connectivity index (χ0) is 12.7. The average molecular weight is 242 g/mol. The first-order chi connectivity index (χ1) is 8.13. The third kappa shape index (κ3) is 5.17. The van der Waals surface area contributed by atoms with Crippen molar-refractivity contribution in [2.45, 2.75) is 39.2 Å². The molecule has 0 aromatic rings. The second-order valence-electron chi connectivity index (χ2n) is 4.29. The van der Waals surface area contributed by atoms with E-state index in [-0.39, 0.29) is 11.9 Å². The Kier molecular flexibility index (Phi) is 5.97. The van der Waals surface area contributed by atoms with Crippen molar-refractivity contribution >= 4 is 11.9 Å². The number of piperidine rings is 1. The fourth-order valence-corrected chi connectivity index (χ4v) is 2.01. The van der Waals surface area contributed by atoms with Crippen LogP contribution in [0, 0.1) is 0 Å². The highest BCUT2D eigenvalue weighted by Gasteiger charge is 2.20. The van der Waals surface area contributed by atoms with Crippen LogP contribution in [-0.4, -0.2) is 49.1 Å². The minimum Gasteiger partial charge on any atom is -0.466 e. The molecule has 1 aliphatic rings. The van der Waals surface area contributed by atoms with Gasteiger partial charge in [0.1, 0.15) is 0 Å². The van der Waals surface area contributed by atoms with Gasteiger partial charge in [0.25, 0.3) is 0 Å².